The lowest BCUT2D eigenvalue weighted by atomic mass is 9.87. The molecule has 0 radical (unpaired) electrons. The molecule has 1 aliphatic carbocycles. The highest BCUT2D eigenvalue weighted by Gasteiger charge is 2.30. The maximum Gasteiger partial charge on any atom is 0.272 e. The highest BCUT2D eigenvalue weighted by Crippen LogP contribution is 2.36. The van der Waals surface area contributed by atoms with Crippen molar-refractivity contribution in [2.45, 2.75) is 42.9 Å². The van der Waals surface area contributed by atoms with Crippen LogP contribution in [0.2, 0.25) is 0 Å². The van der Waals surface area contributed by atoms with Crippen molar-refractivity contribution in [2.75, 3.05) is 65.9 Å². The fourth-order valence-corrected chi connectivity index (χ4v) is 7.99. The number of anilines is 1. The average molecular weight is 629 g/mol. The molecule has 1 saturated carbocycles. The second kappa shape index (κ2) is 13.8. The minimum Gasteiger partial charge on any atom is -0.383 e. The van der Waals surface area contributed by atoms with Crippen LogP contribution in [0, 0.1) is 5.92 Å². The van der Waals surface area contributed by atoms with E-state index in [4.69, 9.17) is 4.74 Å². The first kappa shape index (κ1) is 31.5. The van der Waals surface area contributed by atoms with E-state index < -0.39 is 15.9 Å². The van der Waals surface area contributed by atoms with E-state index >= 15 is 0 Å². The number of likely N-dealkylation sites (N-methyl/N-ethyl adjacent to an activating group) is 2. The zero-order valence-electron chi connectivity index (χ0n) is 25.0. The number of amides is 2. The van der Waals surface area contributed by atoms with Gasteiger partial charge in [0.25, 0.3) is 5.91 Å². The van der Waals surface area contributed by atoms with Crippen molar-refractivity contribution in [1.29, 1.82) is 0 Å². The van der Waals surface area contributed by atoms with Gasteiger partial charge in [0.2, 0.25) is 15.9 Å². The Morgan fingerprint density at radius 3 is 2.44 bits per heavy atom. The molecule has 1 N–H and O–H groups in total. The molecule has 1 saturated heterocycles. The third-order valence-electron chi connectivity index (χ3n) is 8.43. The number of pyridine rings is 1. The SMILES string of the molecule is COCCN(C)C(=O)c1ccc2nc(NC(=O)[C@H](CC3CCCC3)c3ccc(S(=O)(=O)N4CCN(C)CC4)cc3)sc2n1. The monoisotopic (exact) mass is 628 g/mol. The zero-order valence-corrected chi connectivity index (χ0v) is 26.6. The minimum atomic E-state index is -3.60. The van der Waals surface area contributed by atoms with E-state index in [2.05, 4.69) is 20.2 Å². The van der Waals surface area contributed by atoms with E-state index in [1.54, 1.807) is 55.5 Å². The number of carbonyl (C=O) groups excluding carboxylic acids is 2. The molecule has 3 heterocycles. The first-order valence-electron chi connectivity index (χ1n) is 14.8. The summed E-state index contributed by atoms with van der Waals surface area (Å²) in [7, 11) is 1.68. The number of ether oxygens (including phenoxy) is 1. The molecule has 1 aromatic carbocycles. The number of benzene rings is 1. The lowest BCUT2D eigenvalue weighted by Gasteiger charge is -2.31. The van der Waals surface area contributed by atoms with Crippen LogP contribution in [0.3, 0.4) is 0 Å². The Bertz CT molecular complexity index is 1530. The van der Waals surface area contributed by atoms with Crippen LogP contribution < -0.4 is 5.32 Å². The highest BCUT2D eigenvalue weighted by molar-refractivity contribution is 7.89. The van der Waals surface area contributed by atoms with Crippen LogP contribution in [-0.4, -0.2) is 105 Å². The van der Waals surface area contributed by atoms with Gasteiger partial charge in [-0.1, -0.05) is 49.2 Å². The summed E-state index contributed by atoms with van der Waals surface area (Å²) in [5.41, 5.74) is 1.69. The molecule has 13 heteroatoms. The number of carbonyl (C=O) groups is 2. The fraction of sp³-hybridized carbons (Fsp3) is 0.533. The van der Waals surface area contributed by atoms with Gasteiger partial charge in [-0.05, 0) is 49.2 Å². The smallest absolute Gasteiger partial charge is 0.272 e. The van der Waals surface area contributed by atoms with Gasteiger partial charge in [-0.25, -0.2) is 18.4 Å². The lowest BCUT2D eigenvalue weighted by molar-refractivity contribution is -0.118. The maximum absolute atomic E-state index is 13.7. The van der Waals surface area contributed by atoms with Crippen LogP contribution in [0.5, 0.6) is 0 Å². The van der Waals surface area contributed by atoms with Crippen LogP contribution in [0.25, 0.3) is 10.3 Å². The quantitative estimate of drug-likeness (QED) is 0.341. The van der Waals surface area contributed by atoms with Crippen molar-refractivity contribution in [3.05, 3.63) is 47.7 Å². The molecule has 1 atom stereocenters. The minimum absolute atomic E-state index is 0.184. The van der Waals surface area contributed by atoms with Crippen molar-refractivity contribution in [2.24, 2.45) is 5.92 Å². The summed E-state index contributed by atoms with van der Waals surface area (Å²) >= 11 is 1.23. The van der Waals surface area contributed by atoms with Crippen molar-refractivity contribution < 1.29 is 22.7 Å². The molecular formula is C30H40N6O5S2. The summed E-state index contributed by atoms with van der Waals surface area (Å²) in [5.74, 6) is -0.413. The van der Waals surface area contributed by atoms with Crippen molar-refractivity contribution in [1.82, 2.24) is 24.1 Å². The van der Waals surface area contributed by atoms with Gasteiger partial charge in [0, 0.05) is 46.9 Å². The molecule has 232 valence electrons. The molecule has 11 nitrogen and oxygen atoms in total. The number of hydrogen-bond acceptors (Lipinski definition) is 9. The molecule has 2 aromatic heterocycles. The largest absolute Gasteiger partial charge is 0.383 e. The van der Waals surface area contributed by atoms with E-state index in [0.717, 1.165) is 31.2 Å². The van der Waals surface area contributed by atoms with Crippen LogP contribution in [0.15, 0.2) is 41.3 Å². The third kappa shape index (κ3) is 7.40. The topological polar surface area (TPSA) is 125 Å². The molecule has 2 amide bonds. The van der Waals surface area contributed by atoms with Crippen molar-refractivity contribution >= 4 is 48.7 Å². The second-order valence-electron chi connectivity index (χ2n) is 11.5. The first-order valence-corrected chi connectivity index (χ1v) is 17.0. The number of sulfonamides is 1. The van der Waals surface area contributed by atoms with Crippen LogP contribution in [-0.2, 0) is 19.6 Å². The first-order chi connectivity index (χ1) is 20.7. The van der Waals surface area contributed by atoms with Crippen molar-refractivity contribution in [3.8, 4) is 0 Å². The Morgan fingerprint density at radius 2 is 1.77 bits per heavy atom. The van der Waals surface area contributed by atoms with E-state index in [9.17, 15) is 18.0 Å². The van der Waals surface area contributed by atoms with Gasteiger partial charge < -0.3 is 19.9 Å². The van der Waals surface area contributed by atoms with Gasteiger partial charge in [0.1, 0.15) is 16.0 Å². The summed E-state index contributed by atoms with van der Waals surface area (Å²) in [5, 5.41) is 3.40. The van der Waals surface area contributed by atoms with E-state index in [0.29, 0.717) is 72.8 Å². The Balaban J connectivity index is 1.33. The number of piperazine rings is 1. The maximum atomic E-state index is 13.7. The molecule has 0 unspecified atom stereocenters. The van der Waals surface area contributed by atoms with Gasteiger partial charge in [-0.2, -0.15) is 4.31 Å². The number of methoxy groups -OCH3 is 1. The summed E-state index contributed by atoms with van der Waals surface area (Å²) in [6, 6.07) is 10.2. The molecule has 1 aliphatic heterocycles. The van der Waals surface area contributed by atoms with Gasteiger partial charge in [0.05, 0.1) is 17.4 Å². The van der Waals surface area contributed by atoms with Crippen LogP contribution in [0.4, 0.5) is 5.13 Å². The van der Waals surface area contributed by atoms with E-state index in [1.807, 2.05) is 7.05 Å². The van der Waals surface area contributed by atoms with Crippen LogP contribution in [0.1, 0.15) is 54.1 Å². The third-order valence-corrected chi connectivity index (χ3v) is 11.2. The van der Waals surface area contributed by atoms with E-state index in [-0.39, 0.29) is 16.7 Å². The van der Waals surface area contributed by atoms with Crippen LogP contribution >= 0.6 is 11.3 Å². The molecule has 2 aliphatic rings. The summed E-state index contributed by atoms with van der Waals surface area (Å²) < 4.78 is 33.1. The average Bonchev–Trinajstić information content (AvgIpc) is 3.67. The van der Waals surface area contributed by atoms with E-state index in [1.165, 1.54) is 15.6 Å². The highest BCUT2D eigenvalue weighted by atomic mass is 32.2. The Kier molecular flexibility index (Phi) is 10.1. The molecule has 5 rings (SSSR count). The molecule has 43 heavy (non-hydrogen) atoms. The van der Waals surface area contributed by atoms with Gasteiger partial charge in [0.15, 0.2) is 5.13 Å². The number of hydrogen-bond donors (Lipinski definition) is 1. The van der Waals surface area contributed by atoms with Gasteiger partial charge in [-0.3, -0.25) is 9.59 Å². The normalized spacial score (nSPS) is 17.7. The van der Waals surface area contributed by atoms with Gasteiger partial charge >= 0.3 is 0 Å². The Morgan fingerprint density at radius 1 is 1.07 bits per heavy atom. The molecule has 0 spiro atoms. The summed E-state index contributed by atoms with van der Waals surface area (Å²) in [6.07, 6.45) is 5.17. The summed E-state index contributed by atoms with van der Waals surface area (Å²) in [4.78, 5) is 40.0. The summed E-state index contributed by atoms with van der Waals surface area (Å²) in [6.45, 7) is 3.20. The van der Waals surface area contributed by atoms with Crippen molar-refractivity contribution in [3.63, 3.8) is 0 Å². The number of nitrogens with one attached hydrogen (secondary N) is 1. The number of fused-ring (bicyclic) bond motifs is 1. The Hall–Kier alpha value is -2.97. The number of thiazole rings is 1. The predicted octanol–water partition coefficient (Wildman–Crippen LogP) is 3.65. The molecular weight excluding hydrogens is 589 g/mol. The molecule has 3 aromatic rings. The number of nitrogens with zero attached hydrogens (tertiary/aromatic N) is 5. The molecule has 0 bridgehead atoms. The number of aromatic nitrogens is 2. The number of rotatable bonds is 11. The van der Waals surface area contributed by atoms with Gasteiger partial charge in [-0.15, -0.1) is 0 Å². The second-order valence-corrected chi connectivity index (χ2v) is 14.4. The Labute approximate surface area is 257 Å². The zero-order chi connectivity index (χ0) is 30.6. The predicted molar refractivity (Wildman–Crippen MR) is 167 cm³/mol. The molecule has 2 fully saturated rings. The standard InChI is InChI=1S/C30H40N6O5S2/c1-34-14-16-36(17-15-34)43(39,40)23-10-8-22(9-11-23)24(20-21-6-4-5-7-21)27(37)33-30-32-25-12-13-26(31-28(25)42-30)29(38)35(2)18-19-41-3/h8-13,21,24H,4-7,14-20H2,1-3H3,(H,32,33,37)/t24-/m1/s1. The lowest BCUT2D eigenvalue weighted by Crippen LogP contribution is -2.47. The fourth-order valence-electron chi connectivity index (χ4n) is 5.73.